The predicted molar refractivity (Wildman–Crippen MR) is 66.7 cm³/mol. The van der Waals surface area contributed by atoms with Crippen molar-refractivity contribution in [3.8, 4) is 0 Å². The molecule has 0 spiro atoms. The Kier molecular flexibility index (Phi) is 2.42. The second-order valence-corrected chi connectivity index (χ2v) is 4.45. The molecular formula is C13H17N3. The summed E-state index contributed by atoms with van der Waals surface area (Å²) in [6.07, 6.45) is 0. The molecule has 0 bridgehead atoms. The van der Waals surface area contributed by atoms with Gasteiger partial charge in [0.2, 0.25) is 0 Å². The highest BCUT2D eigenvalue weighted by Crippen LogP contribution is 2.31. The summed E-state index contributed by atoms with van der Waals surface area (Å²) in [5.41, 5.74) is 4.12. The Morgan fingerprint density at radius 2 is 2.25 bits per heavy atom. The van der Waals surface area contributed by atoms with E-state index < -0.39 is 0 Å². The van der Waals surface area contributed by atoms with Gasteiger partial charge in [0.25, 0.3) is 0 Å². The molecule has 1 aromatic heterocycles. The van der Waals surface area contributed by atoms with Crippen LogP contribution < -0.4 is 10.6 Å². The fraction of sp³-hybridized carbons (Fsp3) is 0.385. The predicted octanol–water partition coefficient (Wildman–Crippen LogP) is 1.57. The van der Waals surface area contributed by atoms with E-state index in [2.05, 4.69) is 39.9 Å². The number of nitrogens with one attached hydrogen (secondary N) is 3. The van der Waals surface area contributed by atoms with E-state index >= 15 is 0 Å². The van der Waals surface area contributed by atoms with Gasteiger partial charge in [-0.1, -0.05) is 18.2 Å². The van der Waals surface area contributed by atoms with Gasteiger partial charge in [0.1, 0.15) is 0 Å². The second kappa shape index (κ2) is 3.92. The third-order valence-electron chi connectivity index (χ3n) is 3.38. The second-order valence-electron chi connectivity index (χ2n) is 4.45. The van der Waals surface area contributed by atoms with Crippen LogP contribution >= 0.6 is 0 Å². The Hall–Kier alpha value is -1.32. The zero-order valence-electron chi connectivity index (χ0n) is 9.51. The molecule has 1 aliphatic heterocycles. The largest absolute Gasteiger partial charge is 0.357 e. The van der Waals surface area contributed by atoms with Crippen LogP contribution in [0.25, 0.3) is 10.9 Å². The topological polar surface area (TPSA) is 39.8 Å². The standard InChI is InChI=1S/C13H17N3/c1-14-6-9-7-15-8-12-13(9)10-4-2-3-5-11(10)16-12/h2-5,9,14-16H,6-8H2,1H3. The number of fused-ring (bicyclic) bond motifs is 3. The lowest BCUT2D eigenvalue weighted by Gasteiger charge is -2.23. The fourth-order valence-electron chi connectivity index (χ4n) is 2.72. The van der Waals surface area contributed by atoms with E-state index in [9.17, 15) is 0 Å². The smallest absolute Gasteiger partial charge is 0.0459 e. The highest BCUT2D eigenvalue weighted by molar-refractivity contribution is 5.85. The summed E-state index contributed by atoms with van der Waals surface area (Å²) in [5, 5.41) is 8.13. The normalized spacial score (nSPS) is 19.9. The number of hydrogen-bond acceptors (Lipinski definition) is 2. The zero-order valence-corrected chi connectivity index (χ0v) is 9.51. The number of aromatic nitrogens is 1. The molecule has 0 saturated heterocycles. The van der Waals surface area contributed by atoms with Gasteiger partial charge in [-0.15, -0.1) is 0 Å². The van der Waals surface area contributed by atoms with Crippen molar-refractivity contribution in [1.29, 1.82) is 0 Å². The van der Waals surface area contributed by atoms with Crippen molar-refractivity contribution in [2.45, 2.75) is 12.5 Å². The molecule has 1 atom stereocenters. The number of para-hydroxylation sites is 1. The molecule has 0 amide bonds. The van der Waals surface area contributed by atoms with E-state index in [4.69, 9.17) is 0 Å². The van der Waals surface area contributed by atoms with Gasteiger partial charge in [-0.3, -0.25) is 0 Å². The van der Waals surface area contributed by atoms with Crippen molar-refractivity contribution in [2.75, 3.05) is 20.1 Å². The van der Waals surface area contributed by atoms with Crippen molar-refractivity contribution in [2.24, 2.45) is 0 Å². The lowest BCUT2D eigenvalue weighted by atomic mass is 9.93. The van der Waals surface area contributed by atoms with Gasteiger partial charge in [0.15, 0.2) is 0 Å². The molecule has 0 saturated carbocycles. The summed E-state index contributed by atoms with van der Waals surface area (Å²) in [5.74, 6) is 0.574. The van der Waals surface area contributed by atoms with Crippen LogP contribution in [0.2, 0.25) is 0 Å². The summed E-state index contributed by atoms with van der Waals surface area (Å²) in [7, 11) is 2.02. The summed E-state index contributed by atoms with van der Waals surface area (Å²) in [4.78, 5) is 3.51. The number of H-pyrrole nitrogens is 1. The van der Waals surface area contributed by atoms with E-state index in [0.717, 1.165) is 19.6 Å². The van der Waals surface area contributed by atoms with Gasteiger partial charge >= 0.3 is 0 Å². The van der Waals surface area contributed by atoms with Crippen molar-refractivity contribution >= 4 is 10.9 Å². The quantitative estimate of drug-likeness (QED) is 0.711. The van der Waals surface area contributed by atoms with Crippen molar-refractivity contribution in [1.82, 2.24) is 15.6 Å². The van der Waals surface area contributed by atoms with Crippen LogP contribution in [-0.2, 0) is 6.54 Å². The third kappa shape index (κ3) is 1.44. The van der Waals surface area contributed by atoms with Crippen LogP contribution in [0.1, 0.15) is 17.2 Å². The molecule has 1 unspecified atom stereocenters. The molecule has 2 heterocycles. The van der Waals surface area contributed by atoms with E-state index in [1.807, 2.05) is 7.05 Å². The highest BCUT2D eigenvalue weighted by Gasteiger charge is 2.23. The Labute approximate surface area is 95.2 Å². The van der Waals surface area contributed by atoms with E-state index in [1.165, 1.54) is 22.2 Å². The molecular weight excluding hydrogens is 198 g/mol. The molecule has 3 N–H and O–H groups in total. The molecule has 3 heteroatoms. The van der Waals surface area contributed by atoms with Gasteiger partial charge in [-0.05, 0) is 18.7 Å². The third-order valence-corrected chi connectivity index (χ3v) is 3.38. The minimum absolute atomic E-state index is 0.574. The van der Waals surface area contributed by atoms with Crippen LogP contribution in [-0.4, -0.2) is 25.1 Å². The SMILES string of the molecule is CNCC1CNCc2[nH]c3ccccc3c21. The maximum absolute atomic E-state index is 3.51. The molecule has 1 aromatic carbocycles. The molecule has 0 radical (unpaired) electrons. The van der Waals surface area contributed by atoms with Crippen LogP contribution in [0.3, 0.4) is 0 Å². The number of likely N-dealkylation sites (N-methyl/N-ethyl adjacent to an activating group) is 1. The molecule has 0 aliphatic carbocycles. The van der Waals surface area contributed by atoms with Crippen LogP contribution in [0.4, 0.5) is 0 Å². The minimum Gasteiger partial charge on any atom is -0.357 e. The van der Waals surface area contributed by atoms with E-state index in [1.54, 1.807) is 0 Å². The molecule has 0 fully saturated rings. The molecule has 1 aliphatic rings. The van der Waals surface area contributed by atoms with E-state index in [-0.39, 0.29) is 0 Å². The Bertz CT molecular complexity index is 501. The zero-order chi connectivity index (χ0) is 11.0. The molecule has 84 valence electrons. The van der Waals surface area contributed by atoms with E-state index in [0.29, 0.717) is 5.92 Å². The average molecular weight is 215 g/mol. The molecule has 2 aromatic rings. The van der Waals surface area contributed by atoms with Crippen molar-refractivity contribution in [3.63, 3.8) is 0 Å². The number of rotatable bonds is 2. The maximum Gasteiger partial charge on any atom is 0.0459 e. The first kappa shape index (κ1) is 9.87. The lowest BCUT2D eigenvalue weighted by Crippen LogP contribution is -2.33. The average Bonchev–Trinajstić information content (AvgIpc) is 2.68. The number of aromatic amines is 1. The van der Waals surface area contributed by atoms with Gasteiger partial charge in [0, 0.05) is 42.1 Å². The first-order valence-electron chi connectivity index (χ1n) is 5.85. The Morgan fingerprint density at radius 1 is 1.38 bits per heavy atom. The Balaban J connectivity index is 2.16. The van der Waals surface area contributed by atoms with Crippen molar-refractivity contribution < 1.29 is 0 Å². The summed E-state index contributed by atoms with van der Waals surface area (Å²) < 4.78 is 0. The van der Waals surface area contributed by atoms with Crippen LogP contribution in [0.15, 0.2) is 24.3 Å². The Morgan fingerprint density at radius 3 is 3.12 bits per heavy atom. The summed E-state index contributed by atoms with van der Waals surface area (Å²) in [6.45, 7) is 3.06. The lowest BCUT2D eigenvalue weighted by molar-refractivity contribution is 0.520. The fourth-order valence-corrected chi connectivity index (χ4v) is 2.72. The maximum atomic E-state index is 3.51. The number of hydrogen-bond donors (Lipinski definition) is 3. The first-order valence-corrected chi connectivity index (χ1v) is 5.85. The number of benzene rings is 1. The summed E-state index contributed by atoms with van der Waals surface area (Å²) >= 11 is 0. The van der Waals surface area contributed by atoms with Gasteiger partial charge < -0.3 is 15.6 Å². The molecule has 3 rings (SSSR count). The summed E-state index contributed by atoms with van der Waals surface area (Å²) in [6, 6.07) is 8.59. The monoisotopic (exact) mass is 215 g/mol. The van der Waals surface area contributed by atoms with Gasteiger partial charge in [0.05, 0.1) is 0 Å². The van der Waals surface area contributed by atoms with Crippen LogP contribution in [0, 0.1) is 0 Å². The van der Waals surface area contributed by atoms with Gasteiger partial charge in [-0.25, -0.2) is 0 Å². The minimum atomic E-state index is 0.574. The van der Waals surface area contributed by atoms with Crippen LogP contribution in [0.5, 0.6) is 0 Å². The van der Waals surface area contributed by atoms with Gasteiger partial charge in [-0.2, -0.15) is 0 Å². The first-order chi connectivity index (χ1) is 7.90. The molecule has 16 heavy (non-hydrogen) atoms. The molecule has 3 nitrogen and oxygen atoms in total. The highest BCUT2D eigenvalue weighted by atomic mass is 14.9. The van der Waals surface area contributed by atoms with Crippen molar-refractivity contribution in [3.05, 3.63) is 35.5 Å².